The van der Waals surface area contributed by atoms with E-state index in [1.165, 1.54) is 10.4 Å². The van der Waals surface area contributed by atoms with Crippen molar-refractivity contribution in [1.82, 2.24) is 0 Å². The first-order valence-electron chi connectivity index (χ1n) is 15.3. The molecule has 0 saturated carbocycles. The molecule has 7 nitrogen and oxygen atoms in total. The predicted octanol–water partition coefficient (Wildman–Crippen LogP) is 7.07. The van der Waals surface area contributed by atoms with Crippen LogP contribution in [0, 0.1) is 0 Å². The molecule has 5 rings (SSSR count). The molecule has 234 valence electrons. The maximum Gasteiger partial charge on any atom is 0.261 e. The van der Waals surface area contributed by atoms with Gasteiger partial charge in [0.15, 0.2) is 0 Å². The lowest BCUT2D eigenvalue weighted by Crippen LogP contribution is -2.68. The van der Waals surface area contributed by atoms with Gasteiger partial charge in [-0.2, -0.15) is 0 Å². The zero-order valence-corrected chi connectivity index (χ0v) is 27.9. The van der Waals surface area contributed by atoms with Crippen LogP contribution in [0.15, 0.2) is 126 Å². The normalized spacial score (nSPS) is 22.0. The van der Waals surface area contributed by atoms with Crippen LogP contribution in [-0.4, -0.2) is 44.7 Å². The van der Waals surface area contributed by atoms with Gasteiger partial charge in [-0.05, 0) is 32.1 Å². The monoisotopic (exact) mass is 639 g/mol. The summed E-state index contributed by atoms with van der Waals surface area (Å²) in [6.07, 6.45) is -1.79. The van der Waals surface area contributed by atoms with E-state index in [1.807, 2.05) is 72.8 Å². The molecule has 0 unspecified atom stereocenters. The van der Waals surface area contributed by atoms with E-state index in [0.29, 0.717) is 13.2 Å². The van der Waals surface area contributed by atoms with Crippen LogP contribution in [0.1, 0.15) is 31.9 Å². The molecule has 1 aliphatic heterocycles. The number of ether oxygens (including phenoxy) is 3. The van der Waals surface area contributed by atoms with Gasteiger partial charge >= 0.3 is 0 Å². The minimum atomic E-state index is -2.88. The highest BCUT2D eigenvalue weighted by Gasteiger charge is 2.52. The van der Waals surface area contributed by atoms with E-state index in [4.69, 9.17) is 31.3 Å². The summed E-state index contributed by atoms with van der Waals surface area (Å²) in [6.45, 7) is 7.62. The Morgan fingerprint density at radius 3 is 1.62 bits per heavy atom. The summed E-state index contributed by atoms with van der Waals surface area (Å²) in [5, 5.41) is 6.21. The summed E-state index contributed by atoms with van der Waals surface area (Å²) in [6, 6.07) is 40.2. The van der Waals surface area contributed by atoms with Crippen LogP contribution in [0.25, 0.3) is 10.4 Å². The van der Waals surface area contributed by atoms with Crippen LogP contribution in [0.5, 0.6) is 0 Å². The van der Waals surface area contributed by atoms with Crippen molar-refractivity contribution in [2.24, 2.45) is 5.11 Å². The first-order valence-corrected chi connectivity index (χ1v) is 17.7. The first kappa shape index (κ1) is 33.0. The Hall–Kier alpha value is -3.40. The van der Waals surface area contributed by atoms with Gasteiger partial charge in [0.25, 0.3) is 8.32 Å². The highest BCUT2D eigenvalue weighted by molar-refractivity contribution is 7.80. The van der Waals surface area contributed by atoms with Gasteiger partial charge in [-0.25, -0.2) is 0 Å². The Morgan fingerprint density at radius 2 is 1.18 bits per heavy atom. The van der Waals surface area contributed by atoms with E-state index in [2.05, 4.69) is 79.3 Å². The minimum Gasteiger partial charge on any atom is -0.405 e. The predicted molar refractivity (Wildman–Crippen MR) is 184 cm³/mol. The summed E-state index contributed by atoms with van der Waals surface area (Å²) in [7, 11) is -2.88. The van der Waals surface area contributed by atoms with Gasteiger partial charge in [-0.1, -0.05) is 147 Å². The Bertz CT molecular complexity index is 1480. The van der Waals surface area contributed by atoms with Crippen LogP contribution in [-0.2, 0) is 31.9 Å². The van der Waals surface area contributed by atoms with Gasteiger partial charge in [0, 0.05) is 4.91 Å². The Labute approximate surface area is 272 Å². The number of rotatable bonds is 12. The molecule has 9 heteroatoms. The molecule has 1 aliphatic rings. The van der Waals surface area contributed by atoms with E-state index in [-0.39, 0.29) is 11.6 Å². The molecular weight excluding hydrogens is 599 g/mol. The number of azide groups is 1. The van der Waals surface area contributed by atoms with Gasteiger partial charge in [0.05, 0.1) is 25.9 Å². The molecule has 4 aromatic carbocycles. The fourth-order valence-corrected chi connectivity index (χ4v) is 11.1. The van der Waals surface area contributed by atoms with Crippen LogP contribution >= 0.6 is 12.6 Å². The Morgan fingerprint density at radius 1 is 0.733 bits per heavy atom. The Kier molecular flexibility index (Phi) is 11.2. The summed E-state index contributed by atoms with van der Waals surface area (Å²) < 4.78 is 27.0. The third-order valence-corrected chi connectivity index (χ3v) is 13.7. The van der Waals surface area contributed by atoms with Crippen molar-refractivity contribution in [2.45, 2.75) is 68.8 Å². The van der Waals surface area contributed by atoms with Crippen LogP contribution in [0.2, 0.25) is 5.04 Å². The molecule has 0 aromatic heterocycles. The minimum absolute atomic E-state index is 0.220. The van der Waals surface area contributed by atoms with Gasteiger partial charge in [-0.3, -0.25) is 0 Å². The van der Waals surface area contributed by atoms with E-state index in [1.54, 1.807) is 0 Å². The van der Waals surface area contributed by atoms with E-state index in [0.717, 1.165) is 11.1 Å². The van der Waals surface area contributed by atoms with Gasteiger partial charge in [0.1, 0.15) is 23.7 Å². The molecule has 0 radical (unpaired) electrons. The quantitative estimate of drug-likeness (QED) is 0.0591. The molecule has 0 bridgehead atoms. The highest BCUT2D eigenvalue weighted by atomic mass is 32.1. The van der Waals surface area contributed by atoms with Crippen LogP contribution in [0.4, 0.5) is 0 Å². The smallest absolute Gasteiger partial charge is 0.261 e. The Balaban J connectivity index is 1.52. The molecule has 45 heavy (non-hydrogen) atoms. The lowest BCUT2D eigenvalue weighted by molar-refractivity contribution is -0.205. The second kappa shape index (κ2) is 15.3. The number of hydrogen-bond donors (Lipinski definition) is 1. The lowest BCUT2D eigenvalue weighted by Gasteiger charge is -2.47. The molecule has 0 N–H and O–H groups in total. The van der Waals surface area contributed by atoms with Crippen molar-refractivity contribution in [2.75, 3.05) is 6.61 Å². The van der Waals surface area contributed by atoms with E-state index in [9.17, 15) is 5.53 Å². The van der Waals surface area contributed by atoms with E-state index < -0.39 is 38.1 Å². The van der Waals surface area contributed by atoms with Crippen molar-refractivity contribution in [3.8, 4) is 0 Å². The third-order valence-electron chi connectivity index (χ3n) is 8.27. The third kappa shape index (κ3) is 7.70. The van der Waals surface area contributed by atoms with Gasteiger partial charge in [0.2, 0.25) is 0 Å². The summed E-state index contributed by atoms with van der Waals surface area (Å²) >= 11 is 4.76. The standard InChI is InChI=1S/C36H41N3O4SSi/c1-36(2,3)45(29-20-12-6-13-21-29,30-22-14-7-15-23-30)42-26-31-33(40-24-27-16-8-4-9-17-27)34(32(38-39-37)35(44)43-31)41-25-28-18-10-5-11-19-28/h4-23,31-35,44H,24-26H2,1-3H3/t31-,32-,33+,34-,35-/m1/s1. The number of hydrogen-bond acceptors (Lipinski definition) is 6. The number of benzene rings is 4. The molecule has 5 atom stereocenters. The summed E-state index contributed by atoms with van der Waals surface area (Å²) in [5.41, 5.74) is 10.8. The largest absolute Gasteiger partial charge is 0.405 e. The highest BCUT2D eigenvalue weighted by Crippen LogP contribution is 2.38. The molecule has 0 amide bonds. The van der Waals surface area contributed by atoms with Crippen molar-refractivity contribution in [3.63, 3.8) is 0 Å². The first-order chi connectivity index (χ1) is 21.8. The van der Waals surface area contributed by atoms with Crippen molar-refractivity contribution < 1.29 is 18.6 Å². The maximum absolute atomic E-state index is 9.50. The van der Waals surface area contributed by atoms with Crippen molar-refractivity contribution in [1.29, 1.82) is 0 Å². The second-order valence-corrected chi connectivity index (χ2v) is 17.1. The molecule has 4 aromatic rings. The zero-order chi connectivity index (χ0) is 31.7. The fourth-order valence-electron chi connectivity index (χ4n) is 6.12. The topological polar surface area (TPSA) is 85.7 Å². The number of thiol groups is 1. The zero-order valence-electron chi connectivity index (χ0n) is 26.0. The van der Waals surface area contributed by atoms with E-state index >= 15 is 0 Å². The number of nitrogens with zero attached hydrogens (tertiary/aromatic N) is 3. The summed E-state index contributed by atoms with van der Waals surface area (Å²) in [5.74, 6) is 0. The van der Waals surface area contributed by atoms with Gasteiger partial charge < -0.3 is 18.6 Å². The molecule has 0 aliphatic carbocycles. The average Bonchev–Trinajstić information content (AvgIpc) is 3.06. The molecular formula is C36H41N3O4SSi. The summed E-state index contributed by atoms with van der Waals surface area (Å²) in [4.78, 5) is 3.13. The van der Waals surface area contributed by atoms with Crippen LogP contribution < -0.4 is 10.4 Å². The van der Waals surface area contributed by atoms with Gasteiger partial charge in [-0.15, -0.1) is 12.6 Å². The van der Waals surface area contributed by atoms with Crippen LogP contribution in [0.3, 0.4) is 0 Å². The SMILES string of the molecule is CC(C)(C)[Si](OC[C@H]1O[C@H](S)[C@H](N=[N+]=[N-])[C@@H](OCc2ccccc2)[C@H]1OCc1ccccc1)(c1ccccc1)c1ccccc1. The lowest BCUT2D eigenvalue weighted by atomic mass is 9.98. The molecule has 1 saturated heterocycles. The fraction of sp³-hybridized carbons (Fsp3) is 0.333. The molecule has 0 spiro atoms. The second-order valence-electron chi connectivity index (χ2n) is 12.3. The maximum atomic E-state index is 9.50. The van der Waals surface area contributed by atoms with Crippen molar-refractivity contribution in [3.05, 3.63) is 143 Å². The molecule has 1 fully saturated rings. The average molecular weight is 640 g/mol. The molecule has 1 heterocycles. The van der Waals surface area contributed by atoms with Crippen molar-refractivity contribution >= 4 is 31.3 Å².